The van der Waals surface area contributed by atoms with Gasteiger partial charge < -0.3 is 14.8 Å². The van der Waals surface area contributed by atoms with E-state index in [2.05, 4.69) is 15.0 Å². The third kappa shape index (κ3) is 3.45. The topological polar surface area (TPSA) is 60.5 Å². The molecular weight excluding hydrogens is 380 g/mol. The van der Waals surface area contributed by atoms with E-state index < -0.39 is 35.6 Å². The lowest BCUT2D eigenvalue weighted by Gasteiger charge is -2.17. The zero-order valence-electron chi connectivity index (χ0n) is 14.3. The van der Waals surface area contributed by atoms with Crippen molar-refractivity contribution in [2.24, 2.45) is 0 Å². The Hall–Kier alpha value is -2.94. The van der Waals surface area contributed by atoms with Gasteiger partial charge in [-0.3, -0.25) is 9.78 Å². The molecule has 4 rings (SSSR count). The van der Waals surface area contributed by atoms with Crippen molar-refractivity contribution in [1.29, 1.82) is 0 Å². The highest BCUT2D eigenvalue weighted by molar-refractivity contribution is 6.11. The molecule has 2 aliphatic heterocycles. The van der Waals surface area contributed by atoms with Crippen molar-refractivity contribution in [2.75, 3.05) is 5.32 Å². The first kappa shape index (κ1) is 18.4. The van der Waals surface area contributed by atoms with Gasteiger partial charge >= 0.3 is 6.36 Å². The molecule has 2 bridgehead atoms. The molecular formula is C19H14F4N2O3. The van der Waals surface area contributed by atoms with Gasteiger partial charge in [-0.2, -0.15) is 0 Å². The van der Waals surface area contributed by atoms with Gasteiger partial charge in [0.15, 0.2) is 11.6 Å². The smallest absolute Gasteiger partial charge is 0.403 e. The normalized spacial score (nSPS) is 21.1. The second-order valence-corrected chi connectivity index (χ2v) is 6.37. The lowest BCUT2D eigenvalue weighted by atomic mass is 9.87. The molecule has 9 heteroatoms. The maximum Gasteiger partial charge on any atom is 0.573 e. The summed E-state index contributed by atoms with van der Waals surface area (Å²) in [5, 5.41) is 2.35. The fraction of sp³-hybridized carbons (Fsp3) is 0.263. The SMILES string of the molecule is O=C(Nc1cccc(OC(F)(F)F)c1F)C1=C(c2ccncc2)[C@@H]2CC[C@@H]1O2. The predicted octanol–water partition coefficient (Wildman–Crippen LogP) is 4.07. The molecule has 28 heavy (non-hydrogen) atoms. The third-order valence-electron chi connectivity index (χ3n) is 4.63. The minimum atomic E-state index is -5.04. The number of pyridine rings is 1. The van der Waals surface area contributed by atoms with Crippen molar-refractivity contribution in [1.82, 2.24) is 4.98 Å². The van der Waals surface area contributed by atoms with Crippen LogP contribution in [0.4, 0.5) is 23.2 Å². The molecule has 0 aliphatic carbocycles. The van der Waals surface area contributed by atoms with Gasteiger partial charge in [-0.15, -0.1) is 13.2 Å². The van der Waals surface area contributed by atoms with E-state index in [0.29, 0.717) is 17.6 Å². The second-order valence-electron chi connectivity index (χ2n) is 6.37. The number of amides is 1. The van der Waals surface area contributed by atoms with Crippen LogP contribution in [0, 0.1) is 5.82 Å². The number of halogens is 4. The van der Waals surface area contributed by atoms with E-state index in [4.69, 9.17) is 4.74 Å². The Bertz CT molecular complexity index is 944. The Kier molecular flexibility index (Phi) is 4.54. The molecule has 1 saturated heterocycles. The number of rotatable bonds is 4. The Morgan fingerprint density at radius 3 is 2.57 bits per heavy atom. The number of anilines is 1. The van der Waals surface area contributed by atoms with E-state index in [-0.39, 0.29) is 6.10 Å². The summed E-state index contributed by atoms with van der Waals surface area (Å²) in [7, 11) is 0. The fourth-order valence-electron chi connectivity index (χ4n) is 3.55. The van der Waals surface area contributed by atoms with Crippen LogP contribution in [0.15, 0.2) is 48.3 Å². The quantitative estimate of drug-likeness (QED) is 0.795. The highest BCUT2D eigenvalue weighted by Crippen LogP contribution is 2.44. The molecule has 0 spiro atoms. The van der Waals surface area contributed by atoms with Crippen LogP contribution < -0.4 is 10.1 Å². The van der Waals surface area contributed by atoms with Gasteiger partial charge in [-0.25, -0.2) is 4.39 Å². The highest BCUT2D eigenvalue weighted by atomic mass is 19.4. The van der Waals surface area contributed by atoms with Crippen molar-refractivity contribution in [2.45, 2.75) is 31.4 Å². The molecule has 5 nitrogen and oxygen atoms in total. The molecule has 1 aromatic carbocycles. The first-order valence-corrected chi connectivity index (χ1v) is 8.49. The third-order valence-corrected chi connectivity index (χ3v) is 4.63. The first-order valence-electron chi connectivity index (χ1n) is 8.49. The summed E-state index contributed by atoms with van der Waals surface area (Å²) in [6.07, 6.45) is -1.17. The van der Waals surface area contributed by atoms with Crippen molar-refractivity contribution < 1.29 is 31.8 Å². The first-order chi connectivity index (χ1) is 13.3. The van der Waals surface area contributed by atoms with Crippen molar-refractivity contribution >= 4 is 17.2 Å². The van der Waals surface area contributed by atoms with Crippen LogP contribution in [0.25, 0.3) is 5.57 Å². The Morgan fingerprint density at radius 1 is 1.14 bits per heavy atom. The predicted molar refractivity (Wildman–Crippen MR) is 90.8 cm³/mol. The summed E-state index contributed by atoms with van der Waals surface area (Å²) in [6.45, 7) is 0. The molecule has 1 N–H and O–H groups in total. The number of hydrogen-bond acceptors (Lipinski definition) is 4. The van der Waals surface area contributed by atoms with E-state index in [0.717, 1.165) is 30.2 Å². The fourth-order valence-corrected chi connectivity index (χ4v) is 3.55. The average Bonchev–Trinajstić information content (AvgIpc) is 3.26. The number of hydrogen-bond donors (Lipinski definition) is 1. The number of benzene rings is 1. The highest BCUT2D eigenvalue weighted by Gasteiger charge is 2.43. The Morgan fingerprint density at radius 2 is 1.86 bits per heavy atom. The average molecular weight is 394 g/mol. The summed E-state index contributed by atoms with van der Waals surface area (Å²) in [6, 6.07) is 6.64. The number of ether oxygens (including phenoxy) is 2. The van der Waals surface area contributed by atoms with Crippen LogP contribution >= 0.6 is 0 Å². The van der Waals surface area contributed by atoms with Crippen LogP contribution in [-0.2, 0) is 9.53 Å². The summed E-state index contributed by atoms with van der Waals surface area (Å²) in [5.41, 5.74) is 1.40. The number of carbonyl (C=O) groups is 1. The van der Waals surface area contributed by atoms with Gasteiger partial charge in [0.05, 0.1) is 23.5 Å². The Labute approximate surface area is 157 Å². The van der Waals surface area contributed by atoms with Gasteiger partial charge in [0, 0.05) is 12.4 Å². The van der Waals surface area contributed by atoms with Crippen molar-refractivity contribution in [3.8, 4) is 5.75 Å². The van der Waals surface area contributed by atoms with Crippen LogP contribution in [0.3, 0.4) is 0 Å². The van der Waals surface area contributed by atoms with E-state index in [1.54, 1.807) is 24.5 Å². The van der Waals surface area contributed by atoms with Crippen molar-refractivity contribution in [3.63, 3.8) is 0 Å². The van der Waals surface area contributed by atoms with Gasteiger partial charge in [0.25, 0.3) is 5.91 Å². The molecule has 1 amide bonds. The summed E-state index contributed by atoms with van der Waals surface area (Å²) in [4.78, 5) is 16.8. The number of fused-ring (bicyclic) bond motifs is 2. The minimum absolute atomic E-state index is 0.252. The van der Waals surface area contributed by atoms with E-state index in [1.165, 1.54) is 0 Å². The molecule has 3 heterocycles. The molecule has 2 aromatic rings. The summed E-state index contributed by atoms with van der Waals surface area (Å²) < 4.78 is 61.0. The van der Waals surface area contributed by atoms with E-state index in [1.807, 2.05) is 0 Å². The number of nitrogens with zero attached hydrogens (tertiary/aromatic N) is 1. The van der Waals surface area contributed by atoms with Crippen LogP contribution in [0.1, 0.15) is 18.4 Å². The molecule has 0 radical (unpaired) electrons. The van der Waals surface area contributed by atoms with Crippen LogP contribution in [-0.4, -0.2) is 29.5 Å². The number of aromatic nitrogens is 1. The molecule has 1 aromatic heterocycles. The van der Waals surface area contributed by atoms with Gasteiger partial charge in [0.2, 0.25) is 0 Å². The standard InChI is InChI=1S/C19H14F4N2O3/c20-17-11(2-1-3-14(17)28-19(21,22)23)25-18(26)16-13-5-4-12(27-13)15(16)10-6-8-24-9-7-10/h1-3,6-9,12-13H,4-5H2,(H,25,26)/t12-,13-/m0/s1. The molecule has 2 aliphatic rings. The molecule has 0 saturated carbocycles. The maximum atomic E-state index is 14.4. The zero-order valence-corrected chi connectivity index (χ0v) is 14.3. The lowest BCUT2D eigenvalue weighted by Crippen LogP contribution is -2.24. The largest absolute Gasteiger partial charge is 0.573 e. The molecule has 0 unspecified atom stereocenters. The second kappa shape index (κ2) is 6.90. The zero-order chi connectivity index (χ0) is 19.9. The monoisotopic (exact) mass is 394 g/mol. The Balaban J connectivity index is 1.65. The molecule has 146 valence electrons. The van der Waals surface area contributed by atoms with E-state index >= 15 is 0 Å². The number of carbonyl (C=O) groups excluding carboxylic acids is 1. The molecule has 2 atom stereocenters. The van der Waals surface area contributed by atoms with Crippen LogP contribution in [0.5, 0.6) is 5.75 Å². The van der Waals surface area contributed by atoms with Crippen LogP contribution in [0.2, 0.25) is 0 Å². The number of alkyl halides is 3. The minimum Gasteiger partial charge on any atom is -0.403 e. The summed E-state index contributed by atoms with van der Waals surface area (Å²) >= 11 is 0. The van der Waals surface area contributed by atoms with E-state index in [9.17, 15) is 22.4 Å². The van der Waals surface area contributed by atoms with Gasteiger partial charge in [-0.05, 0) is 48.2 Å². The lowest BCUT2D eigenvalue weighted by molar-refractivity contribution is -0.275. The van der Waals surface area contributed by atoms with Gasteiger partial charge in [-0.1, -0.05) is 6.07 Å². The molecule has 1 fully saturated rings. The van der Waals surface area contributed by atoms with Gasteiger partial charge in [0.1, 0.15) is 0 Å². The number of nitrogens with one attached hydrogen (secondary N) is 1. The summed E-state index contributed by atoms with van der Waals surface area (Å²) in [5.74, 6) is -2.94. The van der Waals surface area contributed by atoms with Crippen molar-refractivity contribution in [3.05, 3.63) is 59.7 Å². The maximum absolute atomic E-state index is 14.4.